The number of halogens is 2. The molecule has 32 heavy (non-hydrogen) atoms. The zero-order chi connectivity index (χ0) is 22.7. The molecule has 1 aliphatic rings. The van der Waals surface area contributed by atoms with Gasteiger partial charge in [0, 0.05) is 25.6 Å². The second-order valence-corrected chi connectivity index (χ2v) is 11.0. The first kappa shape index (κ1) is 23.0. The number of hydrogen-bond donors (Lipinski definition) is 0. The van der Waals surface area contributed by atoms with Gasteiger partial charge >= 0.3 is 0 Å². The lowest BCUT2D eigenvalue weighted by molar-refractivity contribution is -0.132. The zero-order valence-electron chi connectivity index (χ0n) is 16.8. The molecule has 0 atom stereocenters. The number of hydrogen-bond acceptors (Lipinski definition) is 7. The van der Waals surface area contributed by atoms with Crippen molar-refractivity contribution in [2.45, 2.75) is 36.6 Å². The van der Waals surface area contributed by atoms with Gasteiger partial charge in [-0.15, -0.1) is 0 Å². The van der Waals surface area contributed by atoms with Crippen molar-refractivity contribution < 1.29 is 17.9 Å². The van der Waals surface area contributed by atoms with Gasteiger partial charge in [0.1, 0.15) is 22.8 Å². The minimum absolute atomic E-state index is 0.00259. The standard InChI is InChI=1S/C21H19Cl2N3O4S2/c22-18-6-4-16(9-19(18)23)30-7-1-2-21(27)26-10-14-3-5-17(8-15(14)11-26)32(28,29)12-20-24-13-25-31-20/h3-6,8-9,13H,1-2,7,10-12H2. The molecule has 0 radical (unpaired) electrons. The molecule has 0 spiro atoms. The van der Waals surface area contributed by atoms with E-state index in [2.05, 4.69) is 9.36 Å². The van der Waals surface area contributed by atoms with Crippen LogP contribution in [-0.4, -0.2) is 35.2 Å². The van der Waals surface area contributed by atoms with Gasteiger partial charge < -0.3 is 9.64 Å². The highest BCUT2D eigenvalue weighted by Crippen LogP contribution is 2.28. The highest BCUT2D eigenvalue weighted by atomic mass is 35.5. The van der Waals surface area contributed by atoms with Crippen molar-refractivity contribution in [3.8, 4) is 5.75 Å². The average molecular weight is 512 g/mol. The van der Waals surface area contributed by atoms with Crippen LogP contribution >= 0.6 is 34.7 Å². The summed E-state index contributed by atoms with van der Waals surface area (Å²) in [5, 5.41) is 1.32. The van der Waals surface area contributed by atoms with Gasteiger partial charge in [-0.1, -0.05) is 29.3 Å². The van der Waals surface area contributed by atoms with E-state index in [4.69, 9.17) is 27.9 Å². The quantitative estimate of drug-likeness (QED) is 0.413. The van der Waals surface area contributed by atoms with Gasteiger partial charge in [-0.2, -0.15) is 4.37 Å². The smallest absolute Gasteiger partial charge is 0.223 e. The maximum Gasteiger partial charge on any atom is 0.223 e. The van der Waals surface area contributed by atoms with Crippen molar-refractivity contribution in [1.82, 2.24) is 14.3 Å². The number of benzene rings is 2. The monoisotopic (exact) mass is 511 g/mol. The zero-order valence-corrected chi connectivity index (χ0v) is 20.0. The number of amides is 1. The number of carbonyl (C=O) groups excluding carboxylic acids is 1. The number of fused-ring (bicyclic) bond motifs is 1. The van der Waals surface area contributed by atoms with Gasteiger partial charge in [0.15, 0.2) is 9.84 Å². The van der Waals surface area contributed by atoms with Crippen molar-refractivity contribution in [3.05, 3.63) is 68.9 Å². The molecule has 0 saturated carbocycles. The lowest BCUT2D eigenvalue weighted by atomic mass is 10.1. The molecule has 2 heterocycles. The molecule has 0 bridgehead atoms. The van der Waals surface area contributed by atoms with Crippen LogP contribution in [0.5, 0.6) is 5.75 Å². The minimum Gasteiger partial charge on any atom is -0.494 e. The minimum atomic E-state index is -3.52. The van der Waals surface area contributed by atoms with Gasteiger partial charge in [0.2, 0.25) is 5.91 Å². The Morgan fingerprint density at radius 1 is 1.09 bits per heavy atom. The molecule has 4 rings (SSSR count). The molecule has 0 aliphatic carbocycles. The molecule has 168 valence electrons. The molecular formula is C21H19Cl2N3O4S2. The van der Waals surface area contributed by atoms with Crippen LogP contribution in [0.2, 0.25) is 10.0 Å². The lowest BCUT2D eigenvalue weighted by Crippen LogP contribution is -2.25. The summed E-state index contributed by atoms with van der Waals surface area (Å²) in [6, 6.07) is 10.1. The van der Waals surface area contributed by atoms with Crippen LogP contribution in [0.1, 0.15) is 29.0 Å². The third-order valence-electron chi connectivity index (χ3n) is 5.03. The van der Waals surface area contributed by atoms with E-state index in [1.54, 1.807) is 41.3 Å². The van der Waals surface area contributed by atoms with E-state index in [1.165, 1.54) is 6.33 Å². The van der Waals surface area contributed by atoms with E-state index >= 15 is 0 Å². The predicted octanol–water partition coefficient (Wildman–Crippen LogP) is 4.52. The van der Waals surface area contributed by atoms with E-state index in [0.717, 1.165) is 22.7 Å². The van der Waals surface area contributed by atoms with Gasteiger partial charge in [-0.25, -0.2) is 13.4 Å². The van der Waals surface area contributed by atoms with Crippen LogP contribution in [0.4, 0.5) is 0 Å². The predicted molar refractivity (Wildman–Crippen MR) is 123 cm³/mol. The van der Waals surface area contributed by atoms with E-state index < -0.39 is 9.84 Å². The highest BCUT2D eigenvalue weighted by Gasteiger charge is 2.26. The van der Waals surface area contributed by atoms with Gasteiger partial charge in [0.25, 0.3) is 0 Å². The Morgan fingerprint density at radius 2 is 1.91 bits per heavy atom. The maximum atomic E-state index is 12.7. The molecule has 1 aliphatic heterocycles. The second kappa shape index (κ2) is 9.74. The summed E-state index contributed by atoms with van der Waals surface area (Å²) in [7, 11) is -3.52. The molecule has 1 amide bonds. The maximum absolute atomic E-state index is 12.7. The van der Waals surface area contributed by atoms with Gasteiger partial charge in [-0.3, -0.25) is 4.79 Å². The third-order valence-corrected chi connectivity index (χ3v) is 8.23. The lowest BCUT2D eigenvalue weighted by Gasteiger charge is -2.15. The van der Waals surface area contributed by atoms with Crippen molar-refractivity contribution in [1.29, 1.82) is 0 Å². The second-order valence-electron chi connectivity index (χ2n) is 7.30. The Balaban J connectivity index is 1.30. The molecule has 0 fully saturated rings. The van der Waals surface area contributed by atoms with Crippen LogP contribution in [0.3, 0.4) is 0 Å². The fraction of sp³-hybridized carbons (Fsp3) is 0.286. The van der Waals surface area contributed by atoms with Gasteiger partial charge in [0.05, 0.1) is 21.5 Å². The van der Waals surface area contributed by atoms with Crippen LogP contribution < -0.4 is 4.74 Å². The Bertz CT molecular complexity index is 1230. The summed E-state index contributed by atoms with van der Waals surface area (Å²) in [6.45, 7) is 1.24. The van der Waals surface area contributed by atoms with Crippen LogP contribution in [-0.2, 0) is 33.5 Å². The fourth-order valence-corrected chi connectivity index (χ4v) is 5.82. The molecule has 2 aromatic carbocycles. The number of rotatable bonds is 8. The Labute approximate surface area is 200 Å². The molecule has 11 heteroatoms. The SMILES string of the molecule is O=C(CCCOc1ccc(Cl)c(Cl)c1)N1Cc2ccc(S(=O)(=O)Cc3ncns3)cc2C1. The van der Waals surface area contributed by atoms with Crippen LogP contribution in [0, 0.1) is 0 Å². The van der Waals surface area contributed by atoms with E-state index in [1.807, 2.05) is 0 Å². The van der Waals surface area contributed by atoms with Crippen molar-refractivity contribution >= 4 is 50.5 Å². The molecule has 0 N–H and O–H groups in total. The first-order valence-electron chi connectivity index (χ1n) is 9.77. The number of carbonyl (C=O) groups is 1. The molecule has 7 nitrogen and oxygen atoms in total. The summed E-state index contributed by atoms with van der Waals surface area (Å²) in [5.74, 6) is 0.415. The summed E-state index contributed by atoms with van der Waals surface area (Å²) in [6.07, 6.45) is 2.22. The number of sulfone groups is 1. The Kier molecular flexibility index (Phi) is 6.99. The Morgan fingerprint density at radius 3 is 2.66 bits per heavy atom. The summed E-state index contributed by atoms with van der Waals surface area (Å²) in [4.78, 5) is 18.5. The van der Waals surface area contributed by atoms with Crippen LogP contribution in [0.15, 0.2) is 47.6 Å². The van der Waals surface area contributed by atoms with Crippen molar-refractivity contribution in [3.63, 3.8) is 0 Å². The normalized spacial score (nSPS) is 13.2. The first-order chi connectivity index (χ1) is 15.3. The topological polar surface area (TPSA) is 89.5 Å². The van der Waals surface area contributed by atoms with E-state index in [9.17, 15) is 13.2 Å². The average Bonchev–Trinajstić information content (AvgIpc) is 3.42. The highest BCUT2D eigenvalue weighted by molar-refractivity contribution is 7.90. The molecule has 0 unspecified atom stereocenters. The third kappa shape index (κ3) is 5.40. The summed E-state index contributed by atoms with van der Waals surface area (Å²) in [5.41, 5.74) is 1.81. The number of aromatic nitrogens is 2. The summed E-state index contributed by atoms with van der Waals surface area (Å²) >= 11 is 12.9. The Hall–Kier alpha value is -2.20. The first-order valence-corrected chi connectivity index (χ1v) is 13.0. The molecule has 1 aromatic heterocycles. The molecular weight excluding hydrogens is 493 g/mol. The molecule has 3 aromatic rings. The van der Waals surface area contributed by atoms with Crippen LogP contribution in [0.25, 0.3) is 0 Å². The fourth-order valence-electron chi connectivity index (χ4n) is 3.38. The van der Waals surface area contributed by atoms with Crippen molar-refractivity contribution in [2.75, 3.05) is 6.61 Å². The largest absolute Gasteiger partial charge is 0.494 e. The molecule has 0 saturated heterocycles. The summed E-state index contributed by atoms with van der Waals surface area (Å²) < 4.78 is 34.8. The van der Waals surface area contributed by atoms with Gasteiger partial charge in [-0.05, 0) is 53.3 Å². The van der Waals surface area contributed by atoms with E-state index in [-0.39, 0.29) is 16.6 Å². The number of nitrogens with zero attached hydrogens (tertiary/aromatic N) is 3. The van der Waals surface area contributed by atoms with E-state index in [0.29, 0.717) is 53.3 Å². The van der Waals surface area contributed by atoms with Crippen molar-refractivity contribution in [2.24, 2.45) is 0 Å². The number of ether oxygens (including phenoxy) is 1.